The second-order valence-corrected chi connectivity index (χ2v) is 8.90. The molecule has 10 heteroatoms. The molecule has 1 aliphatic heterocycles. The predicted octanol–water partition coefficient (Wildman–Crippen LogP) is 4.33. The lowest BCUT2D eigenvalue weighted by Gasteiger charge is -2.29. The molecule has 0 spiro atoms. The highest BCUT2D eigenvalue weighted by Crippen LogP contribution is 2.35. The molecule has 1 N–H and O–H groups in total. The third-order valence-corrected chi connectivity index (χ3v) is 6.98. The number of nitrogens with zero attached hydrogens (tertiary/aromatic N) is 4. The SMILES string of the molecule is CC1CCN(c2nc3ncnc(SCC(=O)Nc4ccc(F)cc4F)c3s2)CC1. The van der Waals surface area contributed by atoms with Gasteiger partial charge >= 0.3 is 0 Å². The average Bonchev–Trinajstić information content (AvgIpc) is 3.14. The van der Waals surface area contributed by atoms with Crippen LogP contribution >= 0.6 is 23.1 Å². The van der Waals surface area contributed by atoms with Crippen LogP contribution in [0.25, 0.3) is 10.3 Å². The molecular formula is C19H19F2N5OS2. The Balaban J connectivity index is 1.44. The molecule has 2 aromatic heterocycles. The first-order valence-corrected chi connectivity index (χ1v) is 11.0. The summed E-state index contributed by atoms with van der Waals surface area (Å²) >= 11 is 2.77. The zero-order valence-electron chi connectivity index (χ0n) is 15.7. The first-order valence-electron chi connectivity index (χ1n) is 9.24. The Labute approximate surface area is 174 Å². The maximum absolute atomic E-state index is 13.7. The maximum atomic E-state index is 13.7. The summed E-state index contributed by atoms with van der Waals surface area (Å²) in [6, 6.07) is 3.03. The van der Waals surface area contributed by atoms with E-state index in [1.54, 1.807) is 0 Å². The van der Waals surface area contributed by atoms with Crippen LogP contribution in [0, 0.1) is 17.6 Å². The van der Waals surface area contributed by atoms with Gasteiger partial charge in [0.1, 0.15) is 27.7 Å². The molecule has 3 heterocycles. The third-order valence-electron chi connectivity index (χ3n) is 4.75. The second-order valence-electron chi connectivity index (χ2n) is 6.96. The topological polar surface area (TPSA) is 71.0 Å². The molecule has 1 amide bonds. The van der Waals surface area contributed by atoms with Crippen LogP contribution in [0.15, 0.2) is 29.6 Å². The van der Waals surface area contributed by atoms with E-state index in [4.69, 9.17) is 0 Å². The molecule has 1 aliphatic rings. The number of nitrogens with one attached hydrogen (secondary N) is 1. The van der Waals surface area contributed by atoms with Gasteiger partial charge in [-0.15, -0.1) is 0 Å². The Hall–Kier alpha value is -2.33. The zero-order valence-corrected chi connectivity index (χ0v) is 17.3. The van der Waals surface area contributed by atoms with Crippen molar-refractivity contribution < 1.29 is 13.6 Å². The number of thiazole rings is 1. The number of aromatic nitrogens is 3. The molecule has 3 aromatic rings. The van der Waals surface area contributed by atoms with E-state index in [1.807, 2.05) is 0 Å². The van der Waals surface area contributed by atoms with Crippen LogP contribution in [-0.4, -0.2) is 39.7 Å². The van der Waals surface area contributed by atoms with Crippen LogP contribution < -0.4 is 10.2 Å². The van der Waals surface area contributed by atoms with Gasteiger partial charge in [0, 0.05) is 19.2 Å². The lowest BCUT2D eigenvalue weighted by atomic mass is 10.00. The van der Waals surface area contributed by atoms with Gasteiger partial charge in [0.2, 0.25) is 5.91 Å². The first-order chi connectivity index (χ1) is 14.0. The maximum Gasteiger partial charge on any atom is 0.234 e. The summed E-state index contributed by atoms with van der Waals surface area (Å²) in [5, 5.41) is 4.04. The van der Waals surface area contributed by atoms with Crippen LogP contribution in [0.5, 0.6) is 0 Å². The number of thioether (sulfide) groups is 1. The fraction of sp³-hybridized carbons (Fsp3) is 0.368. The molecule has 1 aromatic carbocycles. The number of benzene rings is 1. The largest absolute Gasteiger partial charge is 0.348 e. The molecule has 0 saturated carbocycles. The Bertz CT molecular complexity index is 1040. The number of piperidine rings is 1. The lowest BCUT2D eigenvalue weighted by molar-refractivity contribution is -0.113. The van der Waals surface area contributed by atoms with Crippen molar-refractivity contribution >= 4 is 50.2 Å². The summed E-state index contributed by atoms with van der Waals surface area (Å²) in [5.74, 6) is -1.13. The van der Waals surface area contributed by atoms with E-state index in [-0.39, 0.29) is 11.4 Å². The van der Waals surface area contributed by atoms with E-state index in [1.165, 1.54) is 35.5 Å². The van der Waals surface area contributed by atoms with E-state index in [9.17, 15) is 13.6 Å². The summed E-state index contributed by atoms with van der Waals surface area (Å²) < 4.78 is 27.5. The van der Waals surface area contributed by atoms with Gasteiger partial charge in [-0.1, -0.05) is 30.0 Å². The van der Waals surface area contributed by atoms with Crippen molar-refractivity contribution in [3.8, 4) is 0 Å². The standard InChI is InChI=1S/C19H19F2N5OS2/c1-11-4-6-26(7-5-11)19-25-17-16(29-19)18(23-10-22-17)28-9-15(27)24-14-3-2-12(20)8-13(14)21/h2-3,8,10-11H,4-7,9H2,1H3,(H,24,27). The first kappa shape index (κ1) is 20.0. The van der Waals surface area contributed by atoms with Gasteiger partial charge in [0.25, 0.3) is 0 Å². The van der Waals surface area contributed by atoms with Gasteiger partial charge in [-0.25, -0.2) is 18.7 Å². The molecule has 0 atom stereocenters. The molecule has 29 heavy (non-hydrogen) atoms. The van der Waals surface area contributed by atoms with Crippen molar-refractivity contribution in [3.63, 3.8) is 0 Å². The zero-order chi connectivity index (χ0) is 20.4. The van der Waals surface area contributed by atoms with Crippen LogP contribution in [0.3, 0.4) is 0 Å². The van der Waals surface area contributed by atoms with Crippen molar-refractivity contribution in [2.24, 2.45) is 5.92 Å². The lowest BCUT2D eigenvalue weighted by Crippen LogP contribution is -2.32. The number of carbonyl (C=O) groups is 1. The van der Waals surface area contributed by atoms with Crippen molar-refractivity contribution in [2.75, 3.05) is 29.1 Å². The molecule has 1 fully saturated rings. The minimum atomic E-state index is -0.810. The van der Waals surface area contributed by atoms with Gasteiger partial charge in [-0.05, 0) is 30.9 Å². The highest BCUT2D eigenvalue weighted by Gasteiger charge is 2.21. The fourth-order valence-electron chi connectivity index (χ4n) is 3.07. The van der Waals surface area contributed by atoms with Gasteiger partial charge < -0.3 is 10.2 Å². The number of carbonyl (C=O) groups excluding carboxylic acids is 1. The van der Waals surface area contributed by atoms with E-state index in [0.29, 0.717) is 10.7 Å². The number of hydrogen-bond acceptors (Lipinski definition) is 7. The fourth-order valence-corrected chi connectivity index (χ4v) is 5.01. The van der Waals surface area contributed by atoms with E-state index >= 15 is 0 Å². The minimum absolute atomic E-state index is 0.0391. The molecule has 0 aliphatic carbocycles. The summed E-state index contributed by atoms with van der Waals surface area (Å²) in [7, 11) is 0. The molecule has 4 rings (SSSR count). The number of fused-ring (bicyclic) bond motifs is 1. The Morgan fingerprint density at radius 2 is 2.10 bits per heavy atom. The molecule has 0 unspecified atom stereocenters. The molecular weight excluding hydrogens is 416 g/mol. The predicted molar refractivity (Wildman–Crippen MR) is 112 cm³/mol. The Morgan fingerprint density at radius 3 is 2.86 bits per heavy atom. The number of halogens is 2. The molecule has 0 bridgehead atoms. The van der Waals surface area contributed by atoms with Gasteiger partial charge in [-0.2, -0.15) is 4.98 Å². The van der Waals surface area contributed by atoms with Crippen molar-refractivity contribution in [1.29, 1.82) is 0 Å². The molecule has 1 saturated heterocycles. The average molecular weight is 436 g/mol. The van der Waals surface area contributed by atoms with E-state index in [2.05, 4.69) is 32.1 Å². The van der Waals surface area contributed by atoms with Crippen molar-refractivity contribution in [3.05, 3.63) is 36.2 Å². The molecule has 0 radical (unpaired) electrons. The highest BCUT2D eigenvalue weighted by atomic mass is 32.2. The smallest absolute Gasteiger partial charge is 0.234 e. The van der Waals surface area contributed by atoms with Crippen molar-refractivity contribution in [2.45, 2.75) is 24.8 Å². The highest BCUT2D eigenvalue weighted by molar-refractivity contribution is 8.00. The summed E-state index contributed by atoms with van der Waals surface area (Å²) in [4.78, 5) is 27.6. The minimum Gasteiger partial charge on any atom is -0.348 e. The molecule has 152 valence electrons. The number of amides is 1. The number of anilines is 2. The summed E-state index contributed by atoms with van der Waals surface area (Å²) in [6.45, 7) is 4.21. The van der Waals surface area contributed by atoms with E-state index < -0.39 is 17.5 Å². The number of hydrogen-bond donors (Lipinski definition) is 1. The summed E-state index contributed by atoms with van der Waals surface area (Å²) in [6.07, 6.45) is 3.72. The summed E-state index contributed by atoms with van der Waals surface area (Å²) in [5.41, 5.74) is 0.565. The van der Waals surface area contributed by atoms with Gasteiger partial charge in [0.05, 0.1) is 11.4 Å². The van der Waals surface area contributed by atoms with Gasteiger partial charge in [-0.3, -0.25) is 4.79 Å². The Morgan fingerprint density at radius 1 is 1.31 bits per heavy atom. The Kier molecular flexibility index (Phi) is 5.91. The van der Waals surface area contributed by atoms with Gasteiger partial charge in [0.15, 0.2) is 10.8 Å². The monoisotopic (exact) mass is 435 g/mol. The van der Waals surface area contributed by atoms with Crippen LogP contribution in [0.2, 0.25) is 0 Å². The second kappa shape index (κ2) is 8.58. The molecule has 6 nitrogen and oxygen atoms in total. The van der Waals surface area contributed by atoms with Crippen LogP contribution in [-0.2, 0) is 4.79 Å². The van der Waals surface area contributed by atoms with Crippen molar-refractivity contribution in [1.82, 2.24) is 15.0 Å². The quantitative estimate of drug-likeness (QED) is 0.475. The van der Waals surface area contributed by atoms with Crippen LogP contribution in [0.4, 0.5) is 19.6 Å². The third kappa shape index (κ3) is 4.64. The van der Waals surface area contributed by atoms with E-state index in [0.717, 1.165) is 53.8 Å². The number of rotatable bonds is 5. The normalized spacial score (nSPS) is 15.1. The van der Waals surface area contributed by atoms with Crippen LogP contribution in [0.1, 0.15) is 19.8 Å².